The van der Waals surface area contributed by atoms with E-state index >= 15 is 0 Å². The van der Waals surface area contributed by atoms with Crippen molar-refractivity contribution < 1.29 is 8.78 Å². The van der Waals surface area contributed by atoms with Crippen LogP contribution >= 0.6 is 22.9 Å². The first-order chi connectivity index (χ1) is 14.5. The minimum atomic E-state index is -0.744. The van der Waals surface area contributed by atoms with E-state index in [2.05, 4.69) is 22.0 Å². The summed E-state index contributed by atoms with van der Waals surface area (Å²) < 4.78 is 29.1. The van der Waals surface area contributed by atoms with Crippen molar-refractivity contribution in [3.05, 3.63) is 106 Å². The van der Waals surface area contributed by atoms with E-state index in [0.717, 1.165) is 17.3 Å². The third-order valence-electron chi connectivity index (χ3n) is 4.19. The van der Waals surface area contributed by atoms with Crippen LogP contribution in [-0.4, -0.2) is 9.66 Å². The molecule has 150 valence electrons. The van der Waals surface area contributed by atoms with E-state index in [1.54, 1.807) is 23.0 Å². The molecule has 0 fully saturated rings. The smallest absolute Gasteiger partial charge is 0.209 e. The SMILES string of the molecule is C=C(Nn1c(-c2ccc(Cl)cc2)csc1=Nc1ccc(F)cc1F)c1ccccn1. The molecule has 4 rings (SSSR count). The first-order valence-corrected chi connectivity index (χ1v) is 10.1. The van der Waals surface area contributed by atoms with Crippen LogP contribution in [0.25, 0.3) is 17.0 Å². The van der Waals surface area contributed by atoms with Gasteiger partial charge in [0.1, 0.15) is 11.5 Å². The van der Waals surface area contributed by atoms with Gasteiger partial charge in [0, 0.05) is 28.2 Å². The van der Waals surface area contributed by atoms with Gasteiger partial charge in [0.25, 0.3) is 0 Å². The summed E-state index contributed by atoms with van der Waals surface area (Å²) in [6.07, 6.45) is 1.67. The molecule has 30 heavy (non-hydrogen) atoms. The van der Waals surface area contributed by atoms with Crippen molar-refractivity contribution in [3.8, 4) is 11.3 Å². The molecule has 4 nitrogen and oxygen atoms in total. The summed E-state index contributed by atoms with van der Waals surface area (Å²) in [6, 6.07) is 16.1. The van der Waals surface area contributed by atoms with E-state index in [0.29, 0.717) is 21.2 Å². The van der Waals surface area contributed by atoms with Crippen LogP contribution in [0.3, 0.4) is 0 Å². The molecule has 0 saturated carbocycles. The molecule has 0 radical (unpaired) electrons. The Labute approximate surface area is 180 Å². The summed E-state index contributed by atoms with van der Waals surface area (Å²) in [5.74, 6) is -1.40. The molecule has 0 saturated heterocycles. The fraction of sp³-hybridized carbons (Fsp3) is 0. The molecule has 0 spiro atoms. The molecular formula is C22H15ClF2N4S. The Morgan fingerprint density at radius 3 is 2.60 bits per heavy atom. The largest absolute Gasteiger partial charge is 0.290 e. The molecule has 2 heterocycles. The van der Waals surface area contributed by atoms with Crippen molar-refractivity contribution in [1.29, 1.82) is 0 Å². The Balaban J connectivity index is 1.83. The summed E-state index contributed by atoms with van der Waals surface area (Å²) in [7, 11) is 0. The fourth-order valence-corrected chi connectivity index (χ4v) is 3.71. The van der Waals surface area contributed by atoms with E-state index in [-0.39, 0.29) is 5.69 Å². The second-order valence-electron chi connectivity index (χ2n) is 6.26. The van der Waals surface area contributed by atoms with Crippen molar-refractivity contribution in [2.75, 3.05) is 5.43 Å². The Hall–Kier alpha value is -3.29. The lowest BCUT2D eigenvalue weighted by Crippen LogP contribution is -2.25. The number of halogens is 3. The molecule has 8 heteroatoms. The van der Waals surface area contributed by atoms with Gasteiger partial charge in [-0.1, -0.05) is 36.4 Å². The van der Waals surface area contributed by atoms with E-state index in [1.165, 1.54) is 23.5 Å². The quantitative estimate of drug-likeness (QED) is 0.414. The van der Waals surface area contributed by atoms with Gasteiger partial charge in [-0.15, -0.1) is 11.3 Å². The number of pyridine rings is 1. The highest BCUT2D eigenvalue weighted by molar-refractivity contribution is 7.07. The van der Waals surface area contributed by atoms with Crippen LogP contribution < -0.4 is 10.2 Å². The van der Waals surface area contributed by atoms with Gasteiger partial charge in [0.15, 0.2) is 5.82 Å². The van der Waals surface area contributed by atoms with Crippen LogP contribution in [0.4, 0.5) is 14.5 Å². The Kier molecular flexibility index (Phi) is 5.74. The fourth-order valence-electron chi connectivity index (χ4n) is 2.73. The molecule has 0 amide bonds. The first-order valence-electron chi connectivity index (χ1n) is 8.85. The molecule has 4 aromatic rings. The van der Waals surface area contributed by atoms with E-state index < -0.39 is 11.6 Å². The molecular weight excluding hydrogens is 426 g/mol. The number of nitrogens with one attached hydrogen (secondary N) is 1. The van der Waals surface area contributed by atoms with Crippen molar-refractivity contribution in [3.63, 3.8) is 0 Å². The van der Waals surface area contributed by atoms with Crippen LogP contribution in [0.15, 0.2) is 83.8 Å². The van der Waals surface area contributed by atoms with Gasteiger partial charge in [0.05, 0.1) is 17.1 Å². The summed E-state index contributed by atoms with van der Waals surface area (Å²) in [4.78, 5) is 9.12. The number of aromatic nitrogens is 2. The standard InChI is InChI=1S/C22H15ClF2N4S/c1-14(19-4-2-3-11-26-19)28-29-21(15-5-7-16(23)8-6-15)13-30-22(29)27-20-10-9-17(24)12-18(20)25/h2-13,28H,1H2. The predicted molar refractivity (Wildman–Crippen MR) is 117 cm³/mol. The highest BCUT2D eigenvalue weighted by Gasteiger charge is 2.12. The summed E-state index contributed by atoms with van der Waals surface area (Å²) >= 11 is 7.31. The third-order valence-corrected chi connectivity index (χ3v) is 5.27. The molecule has 0 aliphatic heterocycles. The number of hydrogen-bond donors (Lipinski definition) is 1. The highest BCUT2D eigenvalue weighted by atomic mass is 35.5. The van der Waals surface area contributed by atoms with Crippen molar-refractivity contribution >= 4 is 34.3 Å². The maximum Gasteiger partial charge on any atom is 0.209 e. The van der Waals surface area contributed by atoms with Gasteiger partial charge in [0.2, 0.25) is 4.80 Å². The molecule has 0 atom stereocenters. The van der Waals surface area contributed by atoms with Crippen LogP contribution in [0, 0.1) is 11.6 Å². The monoisotopic (exact) mass is 440 g/mol. The van der Waals surface area contributed by atoms with Crippen LogP contribution in [0.1, 0.15) is 5.69 Å². The number of thiazole rings is 1. The number of nitrogens with zero attached hydrogens (tertiary/aromatic N) is 3. The number of rotatable bonds is 5. The lowest BCUT2D eigenvalue weighted by atomic mass is 10.2. The molecule has 0 bridgehead atoms. The predicted octanol–water partition coefficient (Wildman–Crippen LogP) is 5.99. The zero-order valence-corrected chi connectivity index (χ0v) is 17.1. The number of hydrogen-bond acceptors (Lipinski definition) is 4. The summed E-state index contributed by atoms with van der Waals surface area (Å²) in [6.45, 7) is 4.05. The normalized spacial score (nSPS) is 11.5. The van der Waals surface area contributed by atoms with Gasteiger partial charge in [-0.25, -0.2) is 18.4 Å². The number of benzene rings is 2. The van der Waals surface area contributed by atoms with Crippen molar-refractivity contribution in [1.82, 2.24) is 9.66 Å². The van der Waals surface area contributed by atoms with Gasteiger partial charge >= 0.3 is 0 Å². The van der Waals surface area contributed by atoms with E-state index in [9.17, 15) is 8.78 Å². The van der Waals surface area contributed by atoms with Crippen LogP contribution in [0.5, 0.6) is 0 Å². The van der Waals surface area contributed by atoms with Gasteiger partial charge in [-0.05, 0) is 36.4 Å². The second kappa shape index (κ2) is 8.61. The van der Waals surface area contributed by atoms with Gasteiger partial charge in [-0.2, -0.15) is 0 Å². The lowest BCUT2D eigenvalue weighted by Gasteiger charge is -2.14. The zero-order valence-electron chi connectivity index (χ0n) is 15.5. The summed E-state index contributed by atoms with van der Waals surface area (Å²) in [5, 5.41) is 2.49. The second-order valence-corrected chi connectivity index (χ2v) is 7.53. The molecule has 2 aromatic heterocycles. The van der Waals surface area contributed by atoms with Crippen molar-refractivity contribution in [2.45, 2.75) is 0 Å². The van der Waals surface area contributed by atoms with E-state index in [1.807, 2.05) is 35.7 Å². The molecule has 0 aliphatic carbocycles. The minimum Gasteiger partial charge on any atom is -0.290 e. The Morgan fingerprint density at radius 1 is 1.10 bits per heavy atom. The van der Waals surface area contributed by atoms with Crippen LogP contribution in [0.2, 0.25) is 5.02 Å². The first kappa shape index (κ1) is 20.0. The maximum atomic E-state index is 14.2. The van der Waals surface area contributed by atoms with Gasteiger partial charge in [-0.3, -0.25) is 10.4 Å². The molecule has 0 aliphatic rings. The Bertz CT molecular complexity index is 1260. The maximum absolute atomic E-state index is 14.2. The average molecular weight is 441 g/mol. The molecule has 0 unspecified atom stereocenters. The zero-order chi connectivity index (χ0) is 21.1. The molecule has 2 aromatic carbocycles. The average Bonchev–Trinajstić information content (AvgIpc) is 3.13. The van der Waals surface area contributed by atoms with E-state index in [4.69, 9.17) is 11.6 Å². The molecule has 1 N–H and O–H groups in total. The highest BCUT2D eigenvalue weighted by Crippen LogP contribution is 2.24. The topological polar surface area (TPSA) is 42.2 Å². The third kappa shape index (κ3) is 4.32. The summed E-state index contributed by atoms with van der Waals surface area (Å²) in [5.41, 5.74) is 6.04. The lowest BCUT2D eigenvalue weighted by molar-refractivity contribution is 0.584. The minimum absolute atomic E-state index is 0.0277. The van der Waals surface area contributed by atoms with Crippen LogP contribution in [-0.2, 0) is 0 Å². The van der Waals surface area contributed by atoms with Crippen molar-refractivity contribution in [2.24, 2.45) is 4.99 Å². The van der Waals surface area contributed by atoms with Gasteiger partial charge < -0.3 is 0 Å². The Morgan fingerprint density at radius 2 is 1.90 bits per heavy atom.